The first-order valence-electron chi connectivity index (χ1n) is 6.49. The molecule has 3 aromatic rings. The molecule has 1 aromatic carbocycles. The van der Waals surface area contributed by atoms with E-state index < -0.39 is 17.5 Å². The van der Waals surface area contributed by atoms with E-state index in [2.05, 4.69) is 20.2 Å². The van der Waals surface area contributed by atoms with Gasteiger partial charge in [-0.15, -0.1) is 10.2 Å². The van der Waals surface area contributed by atoms with Crippen molar-refractivity contribution < 1.29 is 19.4 Å². The Morgan fingerprint density at radius 2 is 1.84 bits per heavy atom. The number of hydrogen-bond acceptors (Lipinski definition) is 5. The standard InChI is InChI=1S/C14H6Cl3FN4O3/c15-7-10(8(16)12(17)20-11(7)14(24)25)22-21-9-5-3-4(18)1-2-6(5)19-13(9)23/h1-3,19,23H,(H,24,25). The Balaban J connectivity index is 2.17. The minimum Gasteiger partial charge on any atom is -0.493 e. The maximum absolute atomic E-state index is 13.4. The van der Waals surface area contributed by atoms with Crippen molar-refractivity contribution in [2.24, 2.45) is 10.2 Å². The Morgan fingerprint density at radius 1 is 1.16 bits per heavy atom. The Labute approximate surface area is 153 Å². The average Bonchev–Trinajstić information content (AvgIpc) is 2.85. The number of nitrogens with one attached hydrogen (secondary N) is 1. The molecule has 2 aromatic heterocycles. The molecule has 0 amide bonds. The van der Waals surface area contributed by atoms with Crippen molar-refractivity contribution in [3.63, 3.8) is 0 Å². The van der Waals surface area contributed by atoms with Gasteiger partial charge < -0.3 is 15.2 Å². The van der Waals surface area contributed by atoms with Crippen LogP contribution in [0.1, 0.15) is 10.5 Å². The molecule has 0 aliphatic heterocycles. The van der Waals surface area contributed by atoms with E-state index in [0.717, 1.165) is 6.07 Å². The van der Waals surface area contributed by atoms with Crippen molar-refractivity contribution in [1.29, 1.82) is 0 Å². The molecule has 0 bridgehead atoms. The van der Waals surface area contributed by atoms with Gasteiger partial charge in [0.15, 0.2) is 16.5 Å². The Bertz CT molecular complexity index is 1050. The van der Waals surface area contributed by atoms with Crippen LogP contribution >= 0.6 is 34.8 Å². The van der Waals surface area contributed by atoms with Gasteiger partial charge in [0.2, 0.25) is 5.88 Å². The van der Waals surface area contributed by atoms with Crippen LogP contribution < -0.4 is 0 Å². The van der Waals surface area contributed by atoms with Gasteiger partial charge in [-0.1, -0.05) is 34.8 Å². The minimum atomic E-state index is -1.43. The first-order chi connectivity index (χ1) is 11.8. The van der Waals surface area contributed by atoms with E-state index in [1.807, 2.05) is 0 Å². The zero-order valence-electron chi connectivity index (χ0n) is 11.9. The molecule has 0 atom stereocenters. The summed E-state index contributed by atoms with van der Waals surface area (Å²) in [4.78, 5) is 17.3. The molecule has 0 aliphatic rings. The van der Waals surface area contributed by atoms with Gasteiger partial charge in [-0.25, -0.2) is 14.2 Å². The molecule has 3 rings (SSSR count). The number of aromatic carboxylic acids is 1. The number of aromatic nitrogens is 2. The fourth-order valence-electron chi connectivity index (χ4n) is 2.07. The highest BCUT2D eigenvalue weighted by atomic mass is 35.5. The number of benzene rings is 1. The number of nitrogens with zero attached hydrogens (tertiary/aromatic N) is 3. The van der Waals surface area contributed by atoms with E-state index in [0.29, 0.717) is 5.52 Å². The summed E-state index contributed by atoms with van der Waals surface area (Å²) in [6.07, 6.45) is 0. The van der Waals surface area contributed by atoms with Gasteiger partial charge in [-0.2, -0.15) is 0 Å². The maximum Gasteiger partial charge on any atom is 0.356 e. The van der Waals surface area contributed by atoms with Crippen molar-refractivity contribution in [3.8, 4) is 5.88 Å². The highest BCUT2D eigenvalue weighted by Gasteiger charge is 2.21. The highest BCUT2D eigenvalue weighted by molar-refractivity contribution is 6.45. The van der Waals surface area contributed by atoms with Crippen LogP contribution in [0.5, 0.6) is 5.88 Å². The van der Waals surface area contributed by atoms with Gasteiger partial charge in [-0.3, -0.25) is 0 Å². The predicted octanol–water partition coefficient (Wildman–Crippen LogP) is 5.48. The van der Waals surface area contributed by atoms with Crippen LogP contribution in [0.4, 0.5) is 15.8 Å². The molecule has 3 N–H and O–H groups in total. The number of hydrogen-bond donors (Lipinski definition) is 3. The summed E-state index contributed by atoms with van der Waals surface area (Å²) in [6.45, 7) is 0. The zero-order chi connectivity index (χ0) is 18.3. The Hall–Kier alpha value is -2.42. The summed E-state index contributed by atoms with van der Waals surface area (Å²) in [6, 6.07) is 3.76. The quantitative estimate of drug-likeness (QED) is 0.397. The number of aromatic hydroxyl groups is 1. The summed E-state index contributed by atoms with van der Waals surface area (Å²) in [7, 11) is 0. The van der Waals surface area contributed by atoms with Crippen LogP contribution in [0.15, 0.2) is 28.4 Å². The van der Waals surface area contributed by atoms with E-state index >= 15 is 0 Å². The fourth-order valence-corrected chi connectivity index (χ4v) is 2.72. The summed E-state index contributed by atoms with van der Waals surface area (Å²) in [5.74, 6) is -2.34. The number of fused-ring (bicyclic) bond motifs is 1. The Morgan fingerprint density at radius 3 is 2.52 bits per heavy atom. The number of halogens is 4. The summed E-state index contributed by atoms with van der Waals surface area (Å²) < 4.78 is 13.4. The van der Waals surface area contributed by atoms with Crippen LogP contribution in [0.2, 0.25) is 15.2 Å². The maximum atomic E-state index is 13.4. The lowest BCUT2D eigenvalue weighted by Crippen LogP contribution is -2.02. The molecular weight excluding hydrogens is 398 g/mol. The Kier molecular flexibility index (Phi) is 4.51. The first-order valence-corrected chi connectivity index (χ1v) is 7.62. The van der Waals surface area contributed by atoms with Gasteiger partial charge in [0, 0.05) is 5.39 Å². The second-order valence-corrected chi connectivity index (χ2v) is 5.86. The van der Waals surface area contributed by atoms with E-state index in [4.69, 9.17) is 39.9 Å². The fraction of sp³-hybridized carbons (Fsp3) is 0. The van der Waals surface area contributed by atoms with Crippen molar-refractivity contribution in [3.05, 3.63) is 44.9 Å². The largest absolute Gasteiger partial charge is 0.493 e. The molecule has 7 nitrogen and oxygen atoms in total. The van der Waals surface area contributed by atoms with Crippen LogP contribution in [0.25, 0.3) is 10.9 Å². The third-order valence-corrected chi connectivity index (χ3v) is 4.27. The predicted molar refractivity (Wildman–Crippen MR) is 90.3 cm³/mol. The van der Waals surface area contributed by atoms with Crippen LogP contribution in [-0.2, 0) is 0 Å². The monoisotopic (exact) mass is 402 g/mol. The first kappa shape index (κ1) is 17.4. The lowest BCUT2D eigenvalue weighted by atomic mass is 10.2. The average molecular weight is 404 g/mol. The number of rotatable bonds is 3. The third kappa shape index (κ3) is 3.11. The number of aromatic amines is 1. The molecule has 0 spiro atoms. The molecule has 0 saturated carbocycles. The summed E-state index contributed by atoms with van der Waals surface area (Å²) in [5, 5.41) is 25.9. The molecule has 2 heterocycles. The molecule has 0 saturated heterocycles. The molecule has 0 radical (unpaired) electrons. The van der Waals surface area contributed by atoms with Gasteiger partial charge in [-0.05, 0) is 18.2 Å². The number of carboxylic acids is 1. The second-order valence-electron chi connectivity index (χ2n) is 4.75. The molecular formula is C14H6Cl3FN4O3. The van der Waals surface area contributed by atoms with E-state index in [1.165, 1.54) is 12.1 Å². The van der Waals surface area contributed by atoms with Crippen molar-refractivity contribution in [1.82, 2.24) is 9.97 Å². The number of H-pyrrole nitrogens is 1. The number of carbonyl (C=O) groups is 1. The number of pyridine rings is 1. The lowest BCUT2D eigenvalue weighted by Gasteiger charge is -2.05. The van der Waals surface area contributed by atoms with Crippen molar-refractivity contribution >= 4 is 63.0 Å². The van der Waals surface area contributed by atoms with Crippen LogP contribution in [0, 0.1) is 5.82 Å². The third-order valence-electron chi connectivity index (χ3n) is 3.18. The van der Waals surface area contributed by atoms with Gasteiger partial charge in [0.05, 0.1) is 5.52 Å². The lowest BCUT2D eigenvalue weighted by molar-refractivity contribution is 0.0690. The second kappa shape index (κ2) is 6.47. The smallest absolute Gasteiger partial charge is 0.356 e. The van der Waals surface area contributed by atoms with Crippen molar-refractivity contribution in [2.45, 2.75) is 0 Å². The molecule has 0 aliphatic carbocycles. The molecule has 128 valence electrons. The van der Waals surface area contributed by atoms with Crippen molar-refractivity contribution in [2.75, 3.05) is 0 Å². The topological polar surface area (TPSA) is 111 Å². The number of azo groups is 1. The summed E-state index contributed by atoms with van der Waals surface area (Å²) >= 11 is 17.6. The highest BCUT2D eigenvalue weighted by Crippen LogP contribution is 2.42. The van der Waals surface area contributed by atoms with E-state index in [-0.39, 0.29) is 37.8 Å². The molecule has 0 unspecified atom stereocenters. The summed E-state index contributed by atoms with van der Waals surface area (Å²) in [5.41, 5.74) is -0.458. The van der Waals surface area contributed by atoms with E-state index in [1.54, 1.807) is 0 Å². The van der Waals surface area contributed by atoms with E-state index in [9.17, 15) is 14.3 Å². The number of carboxylic acid groups (broad SMARTS) is 1. The molecule has 0 fully saturated rings. The zero-order valence-corrected chi connectivity index (χ0v) is 14.2. The normalized spacial score (nSPS) is 11.5. The molecule has 11 heteroatoms. The van der Waals surface area contributed by atoms with Gasteiger partial charge >= 0.3 is 5.97 Å². The van der Waals surface area contributed by atoms with Gasteiger partial charge in [0.25, 0.3) is 0 Å². The molecule has 25 heavy (non-hydrogen) atoms. The van der Waals surface area contributed by atoms with Crippen LogP contribution in [-0.4, -0.2) is 26.2 Å². The SMILES string of the molecule is O=C(O)c1nc(Cl)c(Cl)c(N=Nc2c(O)[nH]c3ccc(F)cc23)c1Cl. The van der Waals surface area contributed by atoms with Gasteiger partial charge in [0.1, 0.15) is 21.5 Å². The minimum absolute atomic E-state index is 0.0774. The van der Waals surface area contributed by atoms with Crippen LogP contribution in [0.3, 0.4) is 0 Å².